The van der Waals surface area contributed by atoms with Crippen molar-refractivity contribution in [2.45, 2.75) is 57.3 Å². The molecule has 0 bridgehead atoms. The first-order chi connectivity index (χ1) is 7.33. The van der Waals surface area contributed by atoms with Crippen molar-refractivity contribution in [3.8, 4) is 0 Å². The van der Waals surface area contributed by atoms with Crippen LogP contribution >= 0.6 is 0 Å². The Morgan fingerprint density at radius 1 is 1.07 bits per heavy atom. The molecule has 0 spiro atoms. The highest BCUT2D eigenvalue weighted by Gasteiger charge is 2.46. The monoisotopic (exact) mass is 210 g/mol. The van der Waals surface area contributed by atoms with Crippen LogP contribution in [0.3, 0.4) is 0 Å². The lowest BCUT2D eigenvalue weighted by atomic mass is 9.83. The molecule has 15 heavy (non-hydrogen) atoms. The van der Waals surface area contributed by atoms with Crippen LogP contribution < -0.4 is 0 Å². The standard InChI is InChI=1S/C12H18O3/c13-11-7-9-6-10(14-12(9)15-11)8-4-2-1-3-5-8/h8-10,12H,1-7H2/t9-,10-,12+/m0/s1. The van der Waals surface area contributed by atoms with Crippen LogP contribution in [0, 0.1) is 11.8 Å². The van der Waals surface area contributed by atoms with Crippen LogP contribution in [0.4, 0.5) is 0 Å². The Kier molecular flexibility index (Phi) is 2.43. The lowest BCUT2D eigenvalue weighted by molar-refractivity contribution is -0.167. The quantitative estimate of drug-likeness (QED) is 0.623. The minimum Gasteiger partial charge on any atom is -0.435 e. The fourth-order valence-electron chi connectivity index (χ4n) is 3.25. The average molecular weight is 210 g/mol. The third kappa shape index (κ3) is 1.78. The summed E-state index contributed by atoms with van der Waals surface area (Å²) >= 11 is 0. The summed E-state index contributed by atoms with van der Waals surface area (Å²) in [7, 11) is 0. The van der Waals surface area contributed by atoms with E-state index in [0.717, 1.165) is 12.3 Å². The van der Waals surface area contributed by atoms with Crippen LogP contribution in [0.25, 0.3) is 0 Å². The largest absolute Gasteiger partial charge is 0.435 e. The van der Waals surface area contributed by atoms with Crippen LogP contribution in [-0.2, 0) is 14.3 Å². The second-order valence-electron chi connectivity index (χ2n) is 5.13. The molecule has 0 aromatic rings. The van der Waals surface area contributed by atoms with Crippen molar-refractivity contribution in [1.29, 1.82) is 0 Å². The Morgan fingerprint density at radius 3 is 2.60 bits per heavy atom. The molecular weight excluding hydrogens is 192 g/mol. The Morgan fingerprint density at radius 2 is 1.87 bits per heavy atom. The van der Waals surface area contributed by atoms with Crippen molar-refractivity contribution in [1.82, 2.24) is 0 Å². The summed E-state index contributed by atoms with van der Waals surface area (Å²) in [5, 5.41) is 0. The second-order valence-corrected chi connectivity index (χ2v) is 5.13. The number of carbonyl (C=O) groups is 1. The normalized spacial score (nSPS) is 41.6. The van der Waals surface area contributed by atoms with E-state index in [1.165, 1.54) is 32.1 Å². The van der Waals surface area contributed by atoms with E-state index in [0.29, 0.717) is 18.4 Å². The van der Waals surface area contributed by atoms with Crippen molar-refractivity contribution in [3.05, 3.63) is 0 Å². The van der Waals surface area contributed by atoms with Gasteiger partial charge in [0.05, 0.1) is 12.5 Å². The molecule has 2 aliphatic heterocycles. The number of hydrogen-bond donors (Lipinski definition) is 0. The molecule has 1 saturated carbocycles. The van der Waals surface area contributed by atoms with Gasteiger partial charge in [-0.05, 0) is 25.2 Å². The maximum atomic E-state index is 11.0. The molecule has 0 amide bonds. The molecule has 3 atom stereocenters. The van der Waals surface area contributed by atoms with Crippen molar-refractivity contribution in [3.63, 3.8) is 0 Å². The van der Waals surface area contributed by atoms with Gasteiger partial charge in [0.15, 0.2) is 0 Å². The van der Waals surface area contributed by atoms with E-state index in [4.69, 9.17) is 9.47 Å². The van der Waals surface area contributed by atoms with E-state index in [1.54, 1.807) is 0 Å². The SMILES string of the molecule is O=C1C[C@@H]2C[C@@H](C3CCCCC3)O[C@@H]2O1. The molecule has 3 nitrogen and oxygen atoms in total. The molecule has 3 rings (SSSR count). The third-order valence-corrected chi connectivity index (χ3v) is 4.08. The van der Waals surface area contributed by atoms with Gasteiger partial charge >= 0.3 is 5.97 Å². The van der Waals surface area contributed by atoms with Crippen molar-refractivity contribution in [2.24, 2.45) is 11.8 Å². The van der Waals surface area contributed by atoms with Crippen LogP contribution in [0.15, 0.2) is 0 Å². The molecule has 3 fully saturated rings. The summed E-state index contributed by atoms with van der Waals surface area (Å²) in [6, 6.07) is 0. The molecule has 0 N–H and O–H groups in total. The molecule has 1 aliphatic carbocycles. The van der Waals surface area contributed by atoms with Gasteiger partial charge < -0.3 is 9.47 Å². The van der Waals surface area contributed by atoms with Gasteiger partial charge in [-0.25, -0.2) is 0 Å². The Hall–Kier alpha value is -0.570. The molecular formula is C12H18O3. The van der Waals surface area contributed by atoms with Gasteiger partial charge in [-0.3, -0.25) is 4.79 Å². The number of carbonyl (C=O) groups excluding carboxylic acids is 1. The zero-order valence-corrected chi connectivity index (χ0v) is 8.98. The van der Waals surface area contributed by atoms with E-state index in [9.17, 15) is 4.79 Å². The number of ether oxygens (including phenoxy) is 2. The van der Waals surface area contributed by atoms with E-state index in [1.807, 2.05) is 0 Å². The van der Waals surface area contributed by atoms with Crippen molar-refractivity contribution < 1.29 is 14.3 Å². The summed E-state index contributed by atoms with van der Waals surface area (Å²) in [6.45, 7) is 0. The van der Waals surface area contributed by atoms with Gasteiger partial charge in [0.2, 0.25) is 6.29 Å². The average Bonchev–Trinajstić information content (AvgIpc) is 2.76. The van der Waals surface area contributed by atoms with Crippen LogP contribution in [-0.4, -0.2) is 18.4 Å². The maximum absolute atomic E-state index is 11.0. The Balaban J connectivity index is 1.60. The van der Waals surface area contributed by atoms with Crippen molar-refractivity contribution >= 4 is 5.97 Å². The highest BCUT2D eigenvalue weighted by Crippen LogP contribution is 2.41. The summed E-state index contributed by atoms with van der Waals surface area (Å²) in [4.78, 5) is 11.0. The Labute approximate surface area is 90.1 Å². The molecule has 2 saturated heterocycles. The zero-order chi connectivity index (χ0) is 10.3. The zero-order valence-electron chi connectivity index (χ0n) is 8.98. The topological polar surface area (TPSA) is 35.5 Å². The summed E-state index contributed by atoms with van der Waals surface area (Å²) in [5.41, 5.74) is 0. The molecule has 2 heterocycles. The minimum atomic E-state index is -0.204. The first-order valence-corrected chi connectivity index (χ1v) is 6.18. The number of rotatable bonds is 1. The van der Waals surface area contributed by atoms with E-state index < -0.39 is 0 Å². The molecule has 0 radical (unpaired) electrons. The molecule has 0 aromatic heterocycles. The molecule has 3 aliphatic rings. The van der Waals surface area contributed by atoms with Crippen LogP contribution in [0.2, 0.25) is 0 Å². The van der Waals surface area contributed by atoms with E-state index in [-0.39, 0.29) is 12.3 Å². The predicted molar refractivity (Wildman–Crippen MR) is 54.1 cm³/mol. The molecule has 3 heteroatoms. The highest BCUT2D eigenvalue weighted by molar-refractivity contribution is 5.72. The predicted octanol–water partition coefficient (Wildman–Crippen LogP) is 2.24. The number of hydrogen-bond acceptors (Lipinski definition) is 3. The van der Waals surface area contributed by atoms with E-state index in [2.05, 4.69) is 0 Å². The lowest BCUT2D eigenvalue weighted by Crippen LogP contribution is -2.24. The number of fused-ring (bicyclic) bond motifs is 1. The highest BCUT2D eigenvalue weighted by atomic mass is 16.7. The summed E-state index contributed by atoms with van der Waals surface area (Å²) < 4.78 is 11.0. The van der Waals surface area contributed by atoms with Gasteiger partial charge in [0.1, 0.15) is 0 Å². The Bertz CT molecular complexity index is 242. The fourth-order valence-corrected chi connectivity index (χ4v) is 3.25. The first kappa shape index (κ1) is 9.64. The lowest BCUT2D eigenvalue weighted by Gasteiger charge is -2.27. The first-order valence-electron chi connectivity index (χ1n) is 6.18. The molecule has 0 aromatic carbocycles. The fraction of sp³-hybridized carbons (Fsp3) is 0.917. The minimum absolute atomic E-state index is 0.0768. The smallest absolute Gasteiger partial charge is 0.308 e. The van der Waals surface area contributed by atoms with Gasteiger partial charge in [0, 0.05) is 5.92 Å². The van der Waals surface area contributed by atoms with E-state index >= 15 is 0 Å². The van der Waals surface area contributed by atoms with Crippen LogP contribution in [0.5, 0.6) is 0 Å². The van der Waals surface area contributed by atoms with Crippen molar-refractivity contribution in [2.75, 3.05) is 0 Å². The summed E-state index contributed by atoms with van der Waals surface area (Å²) in [5.74, 6) is 1.000. The second kappa shape index (κ2) is 3.78. The van der Waals surface area contributed by atoms with Gasteiger partial charge in [0.25, 0.3) is 0 Å². The number of esters is 1. The van der Waals surface area contributed by atoms with Gasteiger partial charge in [-0.15, -0.1) is 0 Å². The third-order valence-electron chi connectivity index (χ3n) is 4.08. The molecule has 84 valence electrons. The van der Waals surface area contributed by atoms with Gasteiger partial charge in [-0.2, -0.15) is 0 Å². The van der Waals surface area contributed by atoms with Gasteiger partial charge in [-0.1, -0.05) is 19.3 Å². The molecule has 0 unspecified atom stereocenters. The summed E-state index contributed by atoms with van der Waals surface area (Å²) in [6.07, 6.45) is 8.47. The maximum Gasteiger partial charge on any atom is 0.308 e. The van der Waals surface area contributed by atoms with Crippen LogP contribution in [0.1, 0.15) is 44.9 Å².